The second-order valence-corrected chi connectivity index (χ2v) is 4.70. The number of amides is 1. The third kappa shape index (κ3) is 5.26. The first-order valence-electron chi connectivity index (χ1n) is 6.44. The van der Waals surface area contributed by atoms with Crippen molar-refractivity contribution in [2.24, 2.45) is 0 Å². The predicted octanol–water partition coefficient (Wildman–Crippen LogP) is 0.129. The molecule has 0 saturated carbocycles. The first-order valence-corrected chi connectivity index (χ1v) is 6.44. The average molecular weight is 289 g/mol. The molecule has 1 rings (SSSR count). The molecule has 1 atom stereocenters. The molecule has 0 fully saturated rings. The minimum atomic E-state index is -1.03. The number of aliphatic hydroxyl groups is 2. The Morgan fingerprint density at radius 1 is 1.43 bits per heavy atom. The molecule has 1 amide bonds. The van der Waals surface area contributed by atoms with Crippen LogP contribution in [0.4, 0.5) is 5.69 Å². The van der Waals surface area contributed by atoms with E-state index >= 15 is 0 Å². The van der Waals surface area contributed by atoms with Gasteiger partial charge in [0.25, 0.3) is 5.91 Å². The zero-order valence-electron chi connectivity index (χ0n) is 12.1. The summed E-state index contributed by atoms with van der Waals surface area (Å²) in [4.78, 5) is 13.7. The lowest BCUT2D eigenvalue weighted by molar-refractivity contribution is -0.117. The third-order valence-electron chi connectivity index (χ3n) is 2.79. The minimum Gasteiger partial charge on any atom is -0.394 e. The van der Waals surface area contributed by atoms with E-state index in [2.05, 4.69) is 5.32 Å². The Bertz CT molecular complexity index is 544. The number of nitrogens with one attached hydrogen (secondary N) is 1. The summed E-state index contributed by atoms with van der Waals surface area (Å²) in [5.74, 6) is -0.582. The van der Waals surface area contributed by atoms with Crippen LogP contribution in [0.25, 0.3) is 6.08 Å². The van der Waals surface area contributed by atoms with E-state index in [0.29, 0.717) is 0 Å². The van der Waals surface area contributed by atoms with Crippen molar-refractivity contribution in [1.29, 1.82) is 5.26 Å². The molecule has 21 heavy (non-hydrogen) atoms. The highest BCUT2D eigenvalue weighted by atomic mass is 16.3. The van der Waals surface area contributed by atoms with Gasteiger partial charge in [-0.05, 0) is 23.8 Å². The van der Waals surface area contributed by atoms with E-state index in [1.54, 1.807) is 0 Å². The lowest BCUT2D eigenvalue weighted by Crippen LogP contribution is -2.34. The molecule has 0 aliphatic heterocycles. The van der Waals surface area contributed by atoms with Gasteiger partial charge in [-0.1, -0.05) is 12.1 Å². The number of hydrogen-bond donors (Lipinski definition) is 3. The van der Waals surface area contributed by atoms with Crippen LogP contribution < -0.4 is 10.2 Å². The number of carbonyl (C=O) groups excluding carboxylic acids is 1. The van der Waals surface area contributed by atoms with E-state index in [4.69, 9.17) is 15.5 Å². The van der Waals surface area contributed by atoms with Gasteiger partial charge in [-0.2, -0.15) is 5.26 Å². The van der Waals surface area contributed by atoms with Crippen LogP contribution in [-0.2, 0) is 4.79 Å². The molecular formula is C15H19N3O3. The molecular weight excluding hydrogens is 270 g/mol. The number of nitrogens with zero attached hydrogens (tertiary/aromatic N) is 2. The first kappa shape index (κ1) is 16.7. The Kier molecular flexibility index (Phi) is 6.40. The number of hydrogen-bond acceptors (Lipinski definition) is 5. The maximum absolute atomic E-state index is 11.8. The van der Waals surface area contributed by atoms with Crippen molar-refractivity contribution < 1.29 is 15.0 Å². The molecule has 3 N–H and O–H groups in total. The van der Waals surface area contributed by atoms with Gasteiger partial charge < -0.3 is 20.4 Å². The van der Waals surface area contributed by atoms with Crippen molar-refractivity contribution in [3.05, 3.63) is 35.4 Å². The average Bonchev–Trinajstić information content (AvgIpc) is 2.50. The fourth-order valence-electron chi connectivity index (χ4n) is 1.55. The van der Waals surface area contributed by atoms with Gasteiger partial charge in [0.15, 0.2) is 0 Å². The van der Waals surface area contributed by atoms with E-state index in [9.17, 15) is 4.79 Å². The highest BCUT2D eigenvalue weighted by Gasteiger charge is 2.10. The highest BCUT2D eigenvalue weighted by molar-refractivity contribution is 6.01. The van der Waals surface area contributed by atoms with Gasteiger partial charge in [0.1, 0.15) is 11.6 Å². The van der Waals surface area contributed by atoms with Crippen molar-refractivity contribution in [3.63, 3.8) is 0 Å². The van der Waals surface area contributed by atoms with Crippen molar-refractivity contribution in [2.45, 2.75) is 6.10 Å². The van der Waals surface area contributed by atoms with Crippen LogP contribution in [-0.4, -0.2) is 49.5 Å². The van der Waals surface area contributed by atoms with Crippen LogP contribution in [0.5, 0.6) is 0 Å². The van der Waals surface area contributed by atoms with Crippen LogP contribution in [0.15, 0.2) is 29.8 Å². The summed E-state index contributed by atoms with van der Waals surface area (Å²) in [6, 6.07) is 9.21. The summed E-state index contributed by atoms with van der Waals surface area (Å²) in [6.45, 7) is -0.550. The van der Waals surface area contributed by atoms with Gasteiger partial charge in [0.05, 0.1) is 12.7 Å². The van der Waals surface area contributed by atoms with Crippen molar-refractivity contribution in [2.75, 3.05) is 32.1 Å². The van der Waals surface area contributed by atoms with E-state index in [0.717, 1.165) is 11.3 Å². The fraction of sp³-hybridized carbons (Fsp3) is 0.333. The monoisotopic (exact) mass is 289 g/mol. The summed E-state index contributed by atoms with van der Waals surface area (Å²) in [6.07, 6.45) is 0.438. The molecule has 0 saturated heterocycles. The number of benzene rings is 1. The lowest BCUT2D eigenvalue weighted by atomic mass is 10.1. The molecule has 6 heteroatoms. The van der Waals surface area contributed by atoms with Gasteiger partial charge in [0.2, 0.25) is 0 Å². The van der Waals surface area contributed by atoms with Gasteiger partial charge >= 0.3 is 0 Å². The number of nitriles is 1. The Labute approximate surface area is 123 Å². The Balaban J connectivity index is 2.79. The highest BCUT2D eigenvalue weighted by Crippen LogP contribution is 2.14. The van der Waals surface area contributed by atoms with Crippen LogP contribution in [0.1, 0.15) is 5.56 Å². The zero-order chi connectivity index (χ0) is 15.8. The van der Waals surface area contributed by atoms with E-state index in [1.165, 1.54) is 6.08 Å². The van der Waals surface area contributed by atoms with Crippen molar-refractivity contribution in [3.8, 4) is 6.07 Å². The minimum absolute atomic E-state index is 0.0576. The van der Waals surface area contributed by atoms with Crippen molar-refractivity contribution >= 4 is 17.7 Å². The number of aliphatic hydroxyl groups excluding tert-OH is 2. The molecule has 1 aromatic carbocycles. The van der Waals surface area contributed by atoms with Crippen molar-refractivity contribution in [1.82, 2.24) is 5.32 Å². The topological polar surface area (TPSA) is 96.6 Å². The third-order valence-corrected chi connectivity index (χ3v) is 2.79. The fourth-order valence-corrected chi connectivity index (χ4v) is 1.55. The molecule has 0 aliphatic carbocycles. The largest absolute Gasteiger partial charge is 0.394 e. The maximum Gasteiger partial charge on any atom is 0.262 e. The molecule has 0 aliphatic rings. The second-order valence-electron chi connectivity index (χ2n) is 4.70. The molecule has 0 radical (unpaired) electrons. The standard InChI is InChI=1S/C15H19N3O3/c1-18(2)13-5-3-11(4-6-13)7-12(8-16)15(21)17-9-14(20)10-19/h3-7,14,19-20H,9-10H2,1-2H3,(H,17,21)/b12-7+. The SMILES string of the molecule is CN(C)c1ccc(/C=C(\C#N)C(=O)NCC(O)CO)cc1. The van der Waals surface area contributed by atoms with Crippen LogP contribution >= 0.6 is 0 Å². The van der Waals surface area contributed by atoms with Gasteiger partial charge in [-0.3, -0.25) is 4.79 Å². The Morgan fingerprint density at radius 2 is 2.05 bits per heavy atom. The number of carbonyl (C=O) groups is 1. The molecule has 0 heterocycles. The Hall–Kier alpha value is -2.36. The van der Waals surface area contributed by atoms with Crippen LogP contribution in [0.2, 0.25) is 0 Å². The molecule has 0 aromatic heterocycles. The smallest absolute Gasteiger partial charge is 0.262 e. The van der Waals surface area contributed by atoms with E-state index < -0.39 is 18.6 Å². The number of anilines is 1. The first-order chi connectivity index (χ1) is 9.97. The van der Waals surface area contributed by atoms with Crippen LogP contribution in [0, 0.1) is 11.3 Å². The molecule has 1 unspecified atom stereocenters. The number of rotatable bonds is 6. The molecule has 6 nitrogen and oxygen atoms in total. The summed E-state index contributed by atoms with van der Waals surface area (Å²) in [5.41, 5.74) is 1.69. The van der Waals surface area contributed by atoms with Gasteiger partial charge in [-0.25, -0.2) is 0 Å². The molecule has 0 bridgehead atoms. The van der Waals surface area contributed by atoms with Crippen LogP contribution in [0.3, 0.4) is 0 Å². The molecule has 1 aromatic rings. The summed E-state index contributed by atoms with van der Waals surface area (Å²) in [7, 11) is 3.84. The van der Waals surface area contributed by atoms with E-state index in [1.807, 2.05) is 49.3 Å². The zero-order valence-corrected chi connectivity index (χ0v) is 12.1. The quantitative estimate of drug-likeness (QED) is 0.511. The normalized spacial score (nSPS) is 12.4. The molecule has 112 valence electrons. The maximum atomic E-state index is 11.8. The summed E-state index contributed by atoms with van der Waals surface area (Å²) >= 11 is 0. The Morgan fingerprint density at radius 3 is 2.52 bits per heavy atom. The van der Waals surface area contributed by atoms with Gasteiger partial charge in [-0.15, -0.1) is 0 Å². The summed E-state index contributed by atoms with van der Waals surface area (Å²) < 4.78 is 0. The van der Waals surface area contributed by atoms with Gasteiger partial charge in [0, 0.05) is 26.3 Å². The summed E-state index contributed by atoms with van der Waals surface area (Å²) in [5, 5.41) is 29.2. The second kappa shape index (κ2) is 8.04. The predicted molar refractivity (Wildman–Crippen MR) is 80.5 cm³/mol. The molecule has 0 spiro atoms. The lowest BCUT2D eigenvalue weighted by Gasteiger charge is -2.12. The van der Waals surface area contributed by atoms with E-state index in [-0.39, 0.29) is 12.1 Å².